The van der Waals surface area contributed by atoms with Gasteiger partial charge in [0.25, 0.3) is 0 Å². The van der Waals surface area contributed by atoms with E-state index in [0.717, 1.165) is 12.2 Å². The molecule has 0 aliphatic carbocycles. The monoisotopic (exact) mass is 235 g/mol. The Bertz CT molecular complexity index is 473. The Labute approximate surface area is 98.9 Å². The second-order valence-electron chi connectivity index (χ2n) is 3.80. The molecular weight excluding hydrogens is 221 g/mol. The van der Waals surface area contributed by atoms with E-state index in [2.05, 4.69) is 25.2 Å². The zero-order valence-electron chi connectivity index (χ0n) is 9.38. The number of hydrogen-bond donors (Lipinski definition) is 1. The van der Waals surface area contributed by atoms with Crippen LogP contribution in [0.5, 0.6) is 0 Å². The number of thiophene rings is 1. The fourth-order valence-corrected chi connectivity index (χ4v) is 2.57. The van der Waals surface area contributed by atoms with Crippen LogP contribution in [0.15, 0.2) is 30.3 Å². The highest BCUT2D eigenvalue weighted by Crippen LogP contribution is 2.21. The second-order valence-corrected chi connectivity index (χ2v) is 5.26. The number of aryl methyl sites for hydroxylation is 2. The molecule has 1 aromatic heterocycles. The van der Waals surface area contributed by atoms with E-state index in [-0.39, 0.29) is 5.82 Å². The minimum absolute atomic E-state index is 0.201. The largest absolute Gasteiger partial charge is 0.381 e. The van der Waals surface area contributed by atoms with Crippen LogP contribution in [0.4, 0.5) is 10.1 Å². The molecule has 1 N–H and O–H groups in total. The topological polar surface area (TPSA) is 12.0 Å². The summed E-state index contributed by atoms with van der Waals surface area (Å²) >= 11 is 1.81. The van der Waals surface area contributed by atoms with Crippen LogP contribution >= 0.6 is 11.3 Å². The molecule has 0 aliphatic rings. The first kappa shape index (κ1) is 11.1. The molecule has 2 rings (SSSR count). The van der Waals surface area contributed by atoms with Gasteiger partial charge < -0.3 is 5.32 Å². The van der Waals surface area contributed by atoms with E-state index in [1.54, 1.807) is 23.5 Å². The number of hydrogen-bond acceptors (Lipinski definition) is 2. The van der Waals surface area contributed by atoms with E-state index in [1.807, 2.05) is 0 Å². The zero-order valence-corrected chi connectivity index (χ0v) is 10.2. The lowest BCUT2D eigenvalue weighted by Crippen LogP contribution is -1.99. The summed E-state index contributed by atoms with van der Waals surface area (Å²) in [5.41, 5.74) is 2.26. The van der Waals surface area contributed by atoms with Gasteiger partial charge in [0.15, 0.2) is 0 Å². The SMILES string of the molecule is Cc1cc(CNc2ccc(F)cc2)c(C)s1. The molecule has 0 saturated carbocycles. The fourth-order valence-electron chi connectivity index (χ4n) is 1.62. The van der Waals surface area contributed by atoms with Crippen LogP contribution in [-0.4, -0.2) is 0 Å². The highest BCUT2D eigenvalue weighted by Gasteiger charge is 2.02. The molecule has 0 saturated heterocycles. The first-order valence-electron chi connectivity index (χ1n) is 5.20. The summed E-state index contributed by atoms with van der Waals surface area (Å²) in [4.78, 5) is 2.67. The number of rotatable bonds is 3. The van der Waals surface area contributed by atoms with Gasteiger partial charge >= 0.3 is 0 Å². The maximum Gasteiger partial charge on any atom is 0.123 e. The van der Waals surface area contributed by atoms with E-state index in [0.29, 0.717) is 0 Å². The predicted octanol–water partition coefficient (Wildman–Crippen LogP) is 4.12. The Morgan fingerprint density at radius 3 is 2.44 bits per heavy atom. The summed E-state index contributed by atoms with van der Waals surface area (Å²) in [5, 5.41) is 3.28. The summed E-state index contributed by atoms with van der Waals surface area (Å²) in [6, 6.07) is 8.63. The average molecular weight is 235 g/mol. The molecule has 0 aliphatic heterocycles. The van der Waals surface area contributed by atoms with Crippen molar-refractivity contribution in [1.82, 2.24) is 0 Å². The predicted molar refractivity (Wildman–Crippen MR) is 67.5 cm³/mol. The second kappa shape index (κ2) is 4.66. The van der Waals surface area contributed by atoms with Crippen molar-refractivity contribution in [1.29, 1.82) is 0 Å². The molecule has 0 radical (unpaired) electrons. The van der Waals surface area contributed by atoms with Gasteiger partial charge in [-0.1, -0.05) is 0 Å². The van der Waals surface area contributed by atoms with Crippen LogP contribution in [-0.2, 0) is 6.54 Å². The standard InChI is InChI=1S/C13H14FNS/c1-9-7-11(10(2)16-9)8-15-13-5-3-12(14)4-6-13/h3-7,15H,8H2,1-2H3. The van der Waals surface area contributed by atoms with Crippen molar-refractivity contribution in [3.05, 3.63) is 51.5 Å². The number of anilines is 1. The van der Waals surface area contributed by atoms with Crippen molar-refractivity contribution in [2.24, 2.45) is 0 Å². The lowest BCUT2D eigenvalue weighted by Gasteiger charge is -2.05. The van der Waals surface area contributed by atoms with E-state index in [9.17, 15) is 4.39 Å². The summed E-state index contributed by atoms with van der Waals surface area (Å²) in [6.45, 7) is 5.03. The van der Waals surface area contributed by atoms with Gasteiger partial charge in [0, 0.05) is 22.0 Å². The summed E-state index contributed by atoms with van der Waals surface area (Å²) in [6.07, 6.45) is 0. The minimum atomic E-state index is -0.201. The van der Waals surface area contributed by atoms with Crippen molar-refractivity contribution < 1.29 is 4.39 Å². The van der Waals surface area contributed by atoms with Crippen LogP contribution in [0.3, 0.4) is 0 Å². The number of benzene rings is 1. The van der Waals surface area contributed by atoms with Crippen LogP contribution in [0, 0.1) is 19.7 Å². The lowest BCUT2D eigenvalue weighted by molar-refractivity contribution is 0.628. The van der Waals surface area contributed by atoms with Gasteiger partial charge in [0.2, 0.25) is 0 Å². The number of halogens is 1. The molecule has 84 valence electrons. The normalized spacial score (nSPS) is 10.4. The molecule has 3 heteroatoms. The third-order valence-electron chi connectivity index (χ3n) is 2.47. The Morgan fingerprint density at radius 2 is 1.88 bits per heavy atom. The highest BCUT2D eigenvalue weighted by atomic mass is 32.1. The molecule has 2 aromatic rings. The van der Waals surface area contributed by atoms with E-state index < -0.39 is 0 Å². The summed E-state index contributed by atoms with van der Waals surface area (Å²) < 4.78 is 12.7. The number of nitrogens with one attached hydrogen (secondary N) is 1. The molecule has 0 fully saturated rings. The van der Waals surface area contributed by atoms with E-state index >= 15 is 0 Å². The molecule has 0 unspecified atom stereocenters. The van der Waals surface area contributed by atoms with Gasteiger partial charge in [-0.3, -0.25) is 0 Å². The molecule has 16 heavy (non-hydrogen) atoms. The summed E-state index contributed by atoms with van der Waals surface area (Å²) in [7, 11) is 0. The van der Waals surface area contributed by atoms with Gasteiger partial charge in [0.05, 0.1) is 0 Å². The molecule has 1 heterocycles. The molecular formula is C13H14FNS. The van der Waals surface area contributed by atoms with Gasteiger partial charge in [-0.05, 0) is 49.7 Å². The Kier molecular flexibility index (Phi) is 3.25. The molecule has 0 bridgehead atoms. The van der Waals surface area contributed by atoms with Gasteiger partial charge in [-0.25, -0.2) is 4.39 Å². The third kappa shape index (κ3) is 2.61. The Hall–Kier alpha value is -1.35. The fraction of sp³-hybridized carbons (Fsp3) is 0.231. The van der Waals surface area contributed by atoms with Gasteiger partial charge in [-0.2, -0.15) is 0 Å². The van der Waals surface area contributed by atoms with Crippen molar-refractivity contribution in [2.75, 3.05) is 5.32 Å². The Balaban J connectivity index is 2.02. The lowest BCUT2D eigenvalue weighted by atomic mass is 10.2. The highest BCUT2D eigenvalue weighted by molar-refractivity contribution is 7.12. The van der Waals surface area contributed by atoms with Crippen LogP contribution in [0.2, 0.25) is 0 Å². The first-order valence-corrected chi connectivity index (χ1v) is 6.02. The molecule has 0 amide bonds. The first-order chi connectivity index (χ1) is 7.65. The Morgan fingerprint density at radius 1 is 1.19 bits per heavy atom. The van der Waals surface area contributed by atoms with Crippen molar-refractivity contribution in [2.45, 2.75) is 20.4 Å². The molecule has 1 aromatic carbocycles. The van der Waals surface area contributed by atoms with Gasteiger partial charge in [0.1, 0.15) is 5.82 Å². The molecule has 0 spiro atoms. The van der Waals surface area contributed by atoms with Crippen LogP contribution in [0.1, 0.15) is 15.3 Å². The van der Waals surface area contributed by atoms with Crippen molar-refractivity contribution in [3.63, 3.8) is 0 Å². The van der Waals surface area contributed by atoms with E-state index in [1.165, 1.54) is 27.5 Å². The molecule has 1 nitrogen and oxygen atoms in total. The minimum Gasteiger partial charge on any atom is -0.381 e. The summed E-state index contributed by atoms with van der Waals surface area (Å²) in [5.74, 6) is -0.201. The average Bonchev–Trinajstić information content (AvgIpc) is 2.57. The van der Waals surface area contributed by atoms with Crippen LogP contribution in [0.25, 0.3) is 0 Å². The van der Waals surface area contributed by atoms with Crippen molar-refractivity contribution in [3.8, 4) is 0 Å². The van der Waals surface area contributed by atoms with Crippen molar-refractivity contribution >= 4 is 17.0 Å². The maximum atomic E-state index is 12.7. The van der Waals surface area contributed by atoms with Crippen LogP contribution < -0.4 is 5.32 Å². The van der Waals surface area contributed by atoms with E-state index in [4.69, 9.17) is 0 Å². The third-order valence-corrected chi connectivity index (χ3v) is 3.48. The van der Waals surface area contributed by atoms with Gasteiger partial charge in [-0.15, -0.1) is 11.3 Å². The molecule has 0 atom stereocenters. The smallest absolute Gasteiger partial charge is 0.123 e. The zero-order chi connectivity index (χ0) is 11.5. The maximum absolute atomic E-state index is 12.7. The quantitative estimate of drug-likeness (QED) is 0.844.